The van der Waals surface area contributed by atoms with E-state index in [9.17, 15) is 9.59 Å². The Morgan fingerprint density at radius 2 is 1.53 bits per heavy atom. The fourth-order valence-corrected chi connectivity index (χ4v) is 4.53. The Morgan fingerprint density at radius 3 is 2.33 bits per heavy atom. The maximum Gasteiger partial charge on any atom is 0.291 e. The van der Waals surface area contributed by atoms with Gasteiger partial charge >= 0.3 is 0 Å². The van der Waals surface area contributed by atoms with Crippen molar-refractivity contribution >= 4 is 39.4 Å². The summed E-state index contributed by atoms with van der Waals surface area (Å²) in [5.41, 5.74) is 3.69. The van der Waals surface area contributed by atoms with Crippen molar-refractivity contribution in [2.24, 2.45) is 0 Å². The molecule has 0 radical (unpaired) electrons. The lowest BCUT2D eigenvalue weighted by atomic mass is 10.0. The highest BCUT2D eigenvalue weighted by atomic mass is 16.5. The largest absolute Gasteiger partial charge is 0.449 e. The smallest absolute Gasteiger partial charge is 0.291 e. The molecule has 3 aromatic carbocycles. The SMILES string of the molecule is O=C(Nc1c(C(=O)N2CCOCC2)oc2ccccc12)c1cc(-c2ccccc2)nc2ccccc12. The Hall–Kier alpha value is -4.49. The average Bonchev–Trinajstić information content (AvgIpc) is 3.31. The second kappa shape index (κ2) is 9.28. The van der Waals surface area contributed by atoms with E-state index >= 15 is 0 Å². The molecule has 3 heterocycles. The first-order valence-corrected chi connectivity index (χ1v) is 11.8. The lowest BCUT2D eigenvalue weighted by molar-refractivity contribution is 0.0285. The predicted molar refractivity (Wildman–Crippen MR) is 138 cm³/mol. The topological polar surface area (TPSA) is 84.7 Å². The molecule has 0 unspecified atom stereocenters. The van der Waals surface area contributed by atoms with E-state index in [0.717, 1.165) is 10.9 Å². The standard InChI is InChI=1S/C29H23N3O4/c33-28(22-18-24(19-8-2-1-3-9-19)30-23-12-6-4-10-20(22)23)31-26-21-11-5-7-13-25(21)36-27(26)29(34)32-14-16-35-17-15-32/h1-13,18H,14-17H2,(H,31,33). The summed E-state index contributed by atoms with van der Waals surface area (Å²) in [5.74, 6) is -0.490. The van der Waals surface area contributed by atoms with Crippen molar-refractivity contribution in [2.75, 3.05) is 31.6 Å². The molecule has 1 aliphatic heterocycles. The second-order valence-electron chi connectivity index (χ2n) is 8.60. The third kappa shape index (κ3) is 3.99. The van der Waals surface area contributed by atoms with E-state index in [2.05, 4.69) is 5.32 Å². The molecule has 1 fully saturated rings. The summed E-state index contributed by atoms with van der Waals surface area (Å²) in [6.45, 7) is 1.88. The van der Waals surface area contributed by atoms with Crippen molar-refractivity contribution in [3.8, 4) is 11.3 Å². The lowest BCUT2D eigenvalue weighted by Crippen LogP contribution is -2.40. The number of furan rings is 1. The molecule has 0 aliphatic carbocycles. The summed E-state index contributed by atoms with van der Waals surface area (Å²) in [4.78, 5) is 33.6. The Labute approximate surface area is 207 Å². The van der Waals surface area contributed by atoms with Crippen LogP contribution in [-0.4, -0.2) is 48.0 Å². The number of hydrogen-bond acceptors (Lipinski definition) is 5. The zero-order chi connectivity index (χ0) is 24.5. The molecule has 0 atom stereocenters. The van der Waals surface area contributed by atoms with Crippen LogP contribution in [0.3, 0.4) is 0 Å². The molecule has 36 heavy (non-hydrogen) atoms. The quantitative estimate of drug-likeness (QED) is 0.376. The van der Waals surface area contributed by atoms with Gasteiger partial charge in [0, 0.05) is 29.4 Å². The highest BCUT2D eigenvalue weighted by Crippen LogP contribution is 2.33. The van der Waals surface area contributed by atoms with Crippen LogP contribution in [0.1, 0.15) is 20.9 Å². The first-order valence-electron chi connectivity index (χ1n) is 11.8. The number of rotatable bonds is 4. The summed E-state index contributed by atoms with van der Waals surface area (Å²) >= 11 is 0. The second-order valence-corrected chi connectivity index (χ2v) is 8.60. The third-order valence-corrected chi connectivity index (χ3v) is 6.36. The van der Waals surface area contributed by atoms with Gasteiger partial charge in [-0.05, 0) is 24.3 Å². The monoisotopic (exact) mass is 477 g/mol. The number of nitrogens with one attached hydrogen (secondary N) is 1. The van der Waals surface area contributed by atoms with E-state index in [0.29, 0.717) is 59.7 Å². The molecular formula is C29H23N3O4. The van der Waals surface area contributed by atoms with E-state index in [1.165, 1.54) is 0 Å². The average molecular weight is 478 g/mol. The number of para-hydroxylation sites is 2. The first-order chi connectivity index (χ1) is 17.7. The van der Waals surface area contributed by atoms with Crippen molar-refractivity contribution in [1.82, 2.24) is 9.88 Å². The molecule has 6 rings (SSSR count). The van der Waals surface area contributed by atoms with Crippen LogP contribution < -0.4 is 5.32 Å². The van der Waals surface area contributed by atoms with Gasteiger partial charge in [0.15, 0.2) is 0 Å². The van der Waals surface area contributed by atoms with Gasteiger partial charge in [-0.25, -0.2) is 4.98 Å². The summed E-state index contributed by atoms with van der Waals surface area (Å²) in [6.07, 6.45) is 0. The number of carbonyl (C=O) groups excluding carboxylic acids is 2. The van der Waals surface area contributed by atoms with Crippen molar-refractivity contribution in [3.63, 3.8) is 0 Å². The van der Waals surface area contributed by atoms with Crippen molar-refractivity contribution in [1.29, 1.82) is 0 Å². The highest BCUT2D eigenvalue weighted by Gasteiger charge is 2.28. The molecule has 1 aliphatic rings. The van der Waals surface area contributed by atoms with E-state index in [-0.39, 0.29) is 17.6 Å². The number of nitrogens with zero attached hydrogens (tertiary/aromatic N) is 2. The molecule has 2 aromatic heterocycles. The minimum Gasteiger partial charge on any atom is -0.449 e. The number of benzene rings is 3. The normalized spacial score (nSPS) is 13.7. The molecule has 0 saturated carbocycles. The lowest BCUT2D eigenvalue weighted by Gasteiger charge is -2.26. The van der Waals surface area contributed by atoms with Crippen LogP contribution in [0.25, 0.3) is 33.1 Å². The van der Waals surface area contributed by atoms with Crippen LogP contribution in [0.4, 0.5) is 5.69 Å². The molecular weight excluding hydrogens is 454 g/mol. The Kier molecular flexibility index (Phi) is 5.67. The number of fused-ring (bicyclic) bond motifs is 2. The summed E-state index contributed by atoms with van der Waals surface area (Å²) in [5, 5.41) is 4.40. The van der Waals surface area contributed by atoms with Gasteiger partial charge in [0.05, 0.1) is 30.0 Å². The van der Waals surface area contributed by atoms with Gasteiger partial charge in [0.25, 0.3) is 11.8 Å². The molecule has 1 saturated heterocycles. The number of pyridine rings is 1. The first kappa shape index (κ1) is 22.0. The minimum atomic E-state index is -0.339. The third-order valence-electron chi connectivity index (χ3n) is 6.36. The molecule has 0 bridgehead atoms. The number of ether oxygens (including phenoxy) is 1. The van der Waals surface area contributed by atoms with E-state index in [1.54, 1.807) is 17.0 Å². The zero-order valence-electron chi connectivity index (χ0n) is 19.4. The van der Waals surface area contributed by atoms with Crippen molar-refractivity contribution in [2.45, 2.75) is 0 Å². The molecule has 5 aromatic rings. The van der Waals surface area contributed by atoms with Gasteiger partial charge in [0.2, 0.25) is 5.76 Å². The molecule has 7 heteroatoms. The van der Waals surface area contributed by atoms with Crippen LogP contribution in [-0.2, 0) is 4.74 Å². The number of anilines is 1. The minimum absolute atomic E-state index is 0.119. The van der Waals surface area contributed by atoms with Crippen LogP contribution in [0.2, 0.25) is 0 Å². The van der Waals surface area contributed by atoms with Gasteiger partial charge in [-0.3, -0.25) is 9.59 Å². The molecule has 0 spiro atoms. The predicted octanol–water partition coefficient (Wildman–Crippen LogP) is 5.37. The van der Waals surface area contributed by atoms with E-state index in [4.69, 9.17) is 14.1 Å². The van der Waals surface area contributed by atoms with Crippen LogP contribution in [0.15, 0.2) is 89.3 Å². The van der Waals surface area contributed by atoms with Crippen molar-refractivity contribution < 1.29 is 18.7 Å². The van der Waals surface area contributed by atoms with E-state index < -0.39 is 0 Å². The number of carbonyl (C=O) groups is 2. The van der Waals surface area contributed by atoms with Crippen LogP contribution in [0, 0.1) is 0 Å². The van der Waals surface area contributed by atoms with E-state index in [1.807, 2.05) is 72.8 Å². The highest BCUT2D eigenvalue weighted by molar-refractivity contribution is 6.18. The van der Waals surface area contributed by atoms with Gasteiger partial charge in [-0.2, -0.15) is 0 Å². The fourth-order valence-electron chi connectivity index (χ4n) is 4.53. The Balaban J connectivity index is 1.44. The van der Waals surface area contributed by atoms with Gasteiger partial charge in [0.1, 0.15) is 11.3 Å². The summed E-state index contributed by atoms with van der Waals surface area (Å²) in [7, 11) is 0. The number of hydrogen-bond donors (Lipinski definition) is 1. The maximum atomic E-state index is 13.8. The van der Waals surface area contributed by atoms with Crippen molar-refractivity contribution in [3.05, 3.63) is 96.3 Å². The molecule has 7 nitrogen and oxygen atoms in total. The Bertz CT molecular complexity index is 1590. The maximum absolute atomic E-state index is 13.8. The number of aromatic nitrogens is 1. The van der Waals surface area contributed by atoms with Crippen LogP contribution in [0.5, 0.6) is 0 Å². The van der Waals surface area contributed by atoms with Gasteiger partial charge in [-0.1, -0.05) is 60.7 Å². The number of amides is 2. The molecule has 1 N–H and O–H groups in total. The zero-order valence-corrected chi connectivity index (χ0v) is 19.4. The summed E-state index contributed by atoms with van der Waals surface area (Å²) < 4.78 is 11.4. The van der Waals surface area contributed by atoms with Gasteiger partial charge < -0.3 is 19.4 Å². The summed E-state index contributed by atoms with van der Waals surface area (Å²) in [6, 6.07) is 26.4. The fraction of sp³-hybridized carbons (Fsp3) is 0.138. The Morgan fingerprint density at radius 1 is 0.833 bits per heavy atom. The van der Waals surface area contributed by atoms with Gasteiger partial charge in [-0.15, -0.1) is 0 Å². The molecule has 2 amide bonds. The molecule has 178 valence electrons. The number of morpholine rings is 1. The van der Waals surface area contributed by atoms with Crippen LogP contribution >= 0.6 is 0 Å².